The molecule has 1 saturated heterocycles. The van der Waals surface area contributed by atoms with Gasteiger partial charge in [0.25, 0.3) is 0 Å². The molecule has 0 spiro atoms. The number of carbonyl (C=O) groups excluding carboxylic acids is 2. The molecule has 1 N–H and O–H groups in total. The quantitative estimate of drug-likeness (QED) is 0.488. The van der Waals surface area contributed by atoms with Crippen molar-refractivity contribution < 1.29 is 14.0 Å². The number of Topliss-reactive ketones (excluding diaryl/α,β-unsaturated/α-hetero) is 1. The lowest BCUT2D eigenvalue weighted by atomic mass is 9.93. The number of hydrogen-bond donors (Lipinski definition) is 1. The molecule has 1 aliphatic rings. The zero-order valence-electron chi connectivity index (χ0n) is 15.1. The molecule has 1 aliphatic heterocycles. The number of thioether (sulfide) groups is 1. The normalized spacial score (nSPS) is 19.1. The molecule has 5 nitrogen and oxygen atoms in total. The summed E-state index contributed by atoms with van der Waals surface area (Å²) in [5, 5.41) is 1.33. The van der Waals surface area contributed by atoms with Gasteiger partial charge in [0.1, 0.15) is 5.76 Å². The number of ketones is 1. The van der Waals surface area contributed by atoms with Crippen LogP contribution in [0, 0.1) is 18.8 Å². The van der Waals surface area contributed by atoms with E-state index < -0.39 is 5.92 Å². The van der Waals surface area contributed by atoms with Crippen molar-refractivity contribution in [1.29, 1.82) is 0 Å². The molecule has 3 heterocycles. The largest absolute Gasteiger partial charge is 0.450 e. The lowest BCUT2D eigenvalue weighted by Gasteiger charge is -2.07. The van der Waals surface area contributed by atoms with E-state index in [-0.39, 0.29) is 16.8 Å². The highest BCUT2D eigenvalue weighted by molar-refractivity contribution is 8.18. The fraction of sp³-hybridized carbons (Fsp3) is 0.250. The van der Waals surface area contributed by atoms with E-state index in [9.17, 15) is 9.59 Å². The zero-order chi connectivity index (χ0) is 19.1. The van der Waals surface area contributed by atoms with Crippen LogP contribution in [0.5, 0.6) is 0 Å². The SMILES string of the molecule is Cc1cccc2[nH]c(Sc3ccc(/C=C4\SC(=O)C(C(C)C)C4=O)o3)nc12. The Labute approximate surface area is 165 Å². The first kappa shape index (κ1) is 18.1. The number of furan rings is 1. The van der Waals surface area contributed by atoms with Crippen LogP contribution in [0.2, 0.25) is 0 Å². The second kappa shape index (κ2) is 7.05. The van der Waals surface area contributed by atoms with Crippen molar-refractivity contribution in [3.63, 3.8) is 0 Å². The minimum atomic E-state index is -0.552. The third kappa shape index (κ3) is 3.49. The fourth-order valence-corrected chi connectivity index (χ4v) is 4.94. The van der Waals surface area contributed by atoms with Crippen LogP contribution in [0.3, 0.4) is 0 Å². The summed E-state index contributed by atoms with van der Waals surface area (Å²) in [6.07, 6.45) is 1.65. The monoisotopic (exact) mass is 398 g/mol. The number of nitrogens with zero attached hydrogens (tertiary/aromatic N) is 1. The molecule has 0 amide bonds. The number of para-hydroxylation sites is 1. The van der Waals surface area contributed by atoms with Gasteiger partial charge in [-0.15, -0.1) is 0 Å². The Bertz CT molecular complexity index is 1080. The second-order valence-electron chi connectivity index (χ2n) is 6.79. The van der Waals surface area contributed by atoms with E-state index in [0.717, 1.165) is 33.5 Å². The summed E-state index contributed by atoms with van der Waals surface area (Å²) in [5.74, 6) is -0.109. The van der Waals surface area contributed by atoms with Crippen molar-refractivity contribution in [3.05, 3.63) is 46.6 Å². The number of carbonyl (C=O) groups is 2. The number of aryl methyl sites for hydroxylation is 1. The van der Waals surface area contributed by atoms with Crippen LogP contribution in [0.15, 0.2) is 49.9 Å². The highest BCUT2D eigenvalue weighted by atomic mass is 32.2. The van der Waals surface area contributed by atoms with Gasteiger partial charge < -0.3 is 9.40 Å². The van der Waals surface area contributed by atoms with Crippen LogP contribution in [-0.2, 0) is 9.59 Å². The molecule has 4 rings (SSSR count). The summed E-state index contributed by atoms with van der Waals surface area (Å²) < 4.78 is 5.80. The Hall–Kier alpha value is -2.25. The Morgan fingerprint density at radius 2 is 2.07 bits per heavy atom. The van der Waals surface area contributed by atoms with E-state index in [0.29, 0.717) is 15.8 Å². The number of imidazole rings is 1. The lowest BCUT2D eigenvalue weighted by Crippen LogP contribution is -2.20. The van der Waals surface area contributed by atoms with Gasteiger partial charge in [-0.05, 0) is 66.2 Å². The number of fused-ring (bicyclic) bond motifs is 1. The highest BCUT2D eigenvalue weighted by Crippen LogP contribution is 2.39. The number of nitrogens with one attached hydrogen (secondary N) is 1. The Kier molecular flexibility index (Phi) is 4.74. The fourth-order valence-electron chi connectivity index (χ4n) is 3.05. The van der Waals surface area contributed by atoms with Gasteiger partial charge in [-0.2, -0.15) is 0 Å². The molecule has 27 heavy (non-hydrogen) atoms. The number of hydrogen-bond acceptors (Lipinski definition) is 6. The van der Waals surface area contributed by atoms with Crippen molar-refractivity contribution in [1.82, 2.24) is 9.97 Å². The Morgan fingerprint density at radius 1 is 1.26 bits per heavy atom. The standard InChI is InChI=1S/C20H18N2O3S2/c1-10(2)16-18(23)14(26-19(16)24)9-12-7-8-15(25-12)27-20-21-13-6-4-5-11(3)17(13)22-20/h4-10,16H,1-3H3,(H,21,22)/b14-9-. The Morgan fingerprint density at radius 3 is 2.78 bits per heavy atom. The summed E-state index contributed by atoms with van der Waals surface area (Å²) in [5.41, 5.74) is 3.04. The summed E-state index contributed by atoms with van der Waals surface area (Å²) in [4.78, 5) is 32.8. The molecular weight excluding hydrogens is 380 g/mol. The summed E-state index contributed by atoms with van der Waals surface area (Å²) in [6, 6.07) is 9.63. The average Bonchev–Trinajstić information content (AvgIpc) is 3.27. The molecule has 7 heteroatoms. The van der Waals surface area contributed by atoms with Gasteiger partial charge in [0.2, 0.25) is 5.12 Å². The maximum atomic E-state index is 12.4. The summed E-state index contributed by atoms with van der Waals surface area (Å²) >= 11 is 2.40. The third-order valence-electron chi connectivity index (χ3n) is 4.42. The van der Waals surface area contributed by atoms with E-state index in [1.54, 1.807) is 12.1 Å². The smallest absolute Gasteiger partial charge is 0.204 e. The first-order valence-electron chi connectivity index (χ1n) is 8.63. The minimum absolute atomic E-state index is 0.00246. The second-order valence-corrected chi connectivity index (χ2v) is 8.83. The maximum Gasteiger partial charge on any atom is 0.204 e. The number of rotatable bonds is 4. The van der Waals surface area contributed by atoms with Crippen molar-refractivity contribution in [2.75, 3.05) is 0 Å². The first-order valence-corrected chi connectivity index (χ1v) is 10.3. The van der Waals surface area contributed by atoms with E-state index in [1.165, 1.54) is 11.8 Å². The first-order chi connectivity index (χ1) is 12.9. The molecule has 1 unspecified atom stereocenters. The number of benzene rings is 1. The lowest BCUT2D eigenvalue weighted by molar-refractivity contribution is -0.125. The van der Waals surface area contributed by atoms with Crippen LogP contribution < -0.4 is 0 Å². The molecule has 1 aromatic carbocycles. The molecule has 0 bridgehead atoms. The molecule has 1 atom stereocenters. The number of allylic oxidation sites excluding steroid dienone is 1. The van der Waals surface area contributed by atoms with E-state index in [1.807, 2.05) is 45.0 Å². The van der Waals surface area contributed by atoms with Gasteiger partial charge >= 0.3 is 0 Å². The molecule has 2 aromatic heterocycles. The van der Waals surface area contributed by atoms with Crippen molar-refractivity contribution >= 4 is 51.5 Å². The molecule has 3 aromatic rings. The van der Waals surface area contributed by atoms with E-state index in [2.05, 4.69) is 9.97 Å². The molecule has 138 valence electrons. The molecular formula is C20H18N2O3S2. The third-order valence-corrected chi connectivity index (χ3v) is 6.22. The van der Waals surface area contributed by atoms with Crippen LogP contribution in [0.25, 0.3) is 17.1 Å². The number of H-pyrrole nitrogens is 1. The topological polar surface area (TPSA) is 76.0 Å². The van der Waals surface area contributed by atoms with Gasteiger partial charge in [-0.3, -0.25) is 9.59 Å². The van der Waals surface area contributed by atoms with Crippen molar-refractivity contribution in [3.8, 4) is 0 Å². The Balaban J connectivity index is 1.54. The van der Waals surface area contributed by atoms with E-state index >= 15 is 0 Å². The summed E-state index contributed by atoms with van der Waals surface area (Å²) in [6.45, 7) is 5.80. The zero-order valence-corrected chi connectivity index (χ0v) is 16.7. The predicted molar refractivity (Wildman–Crippen MR) is 108 cm³/mol. The number of aromatic amines is 1. The van der Waals surface area contributed by atoms with Crippen molar-refractivity contribution in [2.24, 2.45) is 11.8 Å². The van der Waals surface area contributed by atoms with Gasteiger partial charge in [-0.1, -0.05) is 26.0 Å². The highest BCUT2D eigenvalue weighted by Gasteiger charge is 2.40. The predicted octanol–water partition coefficient (Wildman–Crippen LogP) is 5.07. The van der Waals surface area contributed by atoms with Gasteiger partial charge in [-0.25, -0.2) is 4.98 Å². The van der Waals surface area contributed by atoms with Crippen LogP contribution in [0.4, 0.5) is 0 Å². The van der Waals surface area contributed by atoms with Gasteiger partial charge in [0.15, 0.2) is 16.0 Å². The molecule has 1 fully saturated rings. The molecule has 0 saturated carbocycles. The van der Waals surface area contributed by atoms with E-state index in [4.69, 9.17) is 4.42 Å². The average molecular weight is 399 g/mol. The van der Waals surface area contributed by atoms with Crippen LogP contribution in [-0.4, -0.2) is 20.9 Å². The van der Waals surface area contributed by atoms with Crippen molar-refractivity contribution in [2.45, 2.75) is 31.0 Å². The van der Waals surface area contributed by atoms with Gasteiger partial charge in [0, 0.05) is 0 Å². The molecule has 0 aliphatic carbocycles. The van der Waals surface area contributed by atoms with Crippen LogP contribution >= 0.6 is 23.5 Å². The maximum absolute atomic E-state index is 12.4. The summed E-state index contributed by atoms with van der Waals surface area (Å²) in [7, 11) is 0. The van der Waals surface area contributed by atoms with Gasteiger partial charge in [0.05, 0.1) is 21.9 Å². The van der Waals surface area contributed by atoms with Crippen LogP contribution in [0.1, 0.15) is 25.2 Å². The minimum Gasteiger partial charge on any atom is -0.450 e. The molecule has 0 radical (unpaired) electrons. The number of aromatic nitrogens is 2.